The molecule has 0 aliphatic carbocycles. The molecule has 1 N–H and O–H groups in total. The number of ether oxygens (including phenoxy) is 1. The van der Waals surface area contributed by atoms with Gasteiger partial charge in [0.25, 0.3) is 0 Å². The van der Waals surface area contributed by atoms with Crippen molar-refractivity contribution in [2.45, 2.75) is 193 Å². The van der Waals surface area contributed by atoms with Gasteiger partial charge in [0.15, 0.2) is 0 Å². The van der Waals surface area contributed by atoms with E-state index in [-0.39, 0.29) is 0 Å². The predicted octanol–water partition coefficient (Wildman–Crippen LogP) is 11.4. The summed E-state index contributed by atoms with van der Waals surface area (Å²) in [6, 6.07) is 0. The molecule has 0 aromatic heterocycles. The summed E-state index contributed by atoms with van der Waals surface area (Å²) in [5.41, 5.74) is 0. The molecule has 36 heavy (non-hydrogen) atoms. The zero-order valence-corrected chi connectivity index (χ0v) is 24.7. The molecule has 0 saturated heterocycles. The lowest BCUT2D eigenvalue weighted by Gasteiger charge is -2.05. The lowest BCUT2D eigenvalue weighted by atomic mass is 10.0. The number of carbonyl (C=O) groups is 1. The normalized spacial score (nSPS) is 11.4. The van der Waals surface area contributed by atoms with Crippen LogP contribution in [0, 0.1) is 0 Å². The smallest absolute Gasteiger partial charge is 0.303 e. The van der Waals surface area contributed by atoms with E-state index in [4.69, 9.17) is 9.84 Å². The number of hydrogen-bond donors (Lipinski definition) is 1. The van der Waals surface area contributed by atoms with Crippen LogP contribution in [0.3, 0.4) is 0 Å². The Hall–Kier alpha value is -0.570. The van der Waals surface area contributed by atoms with E-state index in [2.05, 4.69) is 6.92 Å². The zero-order valence-electron chi connectivity index (χ0n) is 24.7. The Bertz CT molecular complexity index is 410. The Morgan fingerprint density at radius 1 is 0.417 bits per heavy atom. The first-order valence-corrected chi connectivity index (χ1v) is 16.6. The van der Waals surface area contributed by atoms with Crippen LogP contribution in [-0.4, -0.2) is 24.3 Å². The Kier molecular flexibility index (Phi) is 31.9. The molecule has 0 amide bonds. The highest BCUT2D eigenvalue weighted by Gasteiger charge is 1.98. The van der Waals surface area contributed by atoms with Crippen LogP contribution in [0.5, 0.6) is 0 Å². The van der Waals surface area contributed by atoms with Crippen LogP contribution in [0.15, 0.2) is 0 Å². The molecule has 0 aliphatic rings. The molecule has 0 rings (SSSR count). The van der Waals surface area contributed by atoms with Crippen molar-refractivity contribution >= 4 is 5.97 Å². The van der Waals surface area contributed by atoms with Gasteiger partial charge < -0.3 is 9.84 Å². The third-order valence-electron chi connectivity index (χ3n) is 7.57. The average molecular weight is 511 g/mol. The first kappa shape index (κ1) is 35.4. The predicted molar refractivity (Wildman–Crippen MR) is 158 cm³/mol. The number of carboxylic acid groups (broad SMARTS) is 1. The van der Waals surface area contributed by atoms with Crippen LogP contribution in [0.2, 0.25) is 0 Å². The Morgan fingerprint density at radius 3 is 0.944 bits per heavy atom. The van der Waals surface area contributed by atoms with E-state index in [1.807, 2.05) is 0 Å². The van der Waals surface area contributed by atoms with Crippen LogP contribution in [0.4, 0.5) is 0 Å². The molecule has 0 saturated carbocycles. The van der Waals surface area contributed by atoms with Crippen LogP contribution >= 0.6 is 0 Å². The quantitative estimate of drug-likeness (QED) is 0.0915. The Labute approximate surface area is 226 Å². The van der Waals surface area contributed by atoms with Crippen molar-refractivity contribution < 1.29 is 14.6 Å². The average Bonchev–Trinajstić information content (AvgIpc) is 2.87. The number of hydrogen-bond acceptors (Lipinski definition) is 2. The Morgan fingerprint density at radius 2 is 0.667 bits per heavy atom. The third-order valence-corrected chi connectivity index (χ3v) is 7.57. The van der Waals surface area contributed by atoms with E-state index in [1.54, 1.807) is 0 Å². The minimum Gasteiger partial charge on any atom is -0.481 e. The molecule has 0 atom stereocenters. The molecule has 0 radical (unpaired) electrons. The van der Waals surface area contributed by atoms with Gasteiger partial charge in [0.1, 0.15) is 0 Å². The van der Waals surface area contributed by atoms with Gasteiger partial charge in [0.2, 0.25) is 0 Å². The summed E-state index contributed by atoms with van der Waals surface area (Å²) < 4.78 is 5.80. The number of aliphatic carboxylic acids is 1. The molecule has 0 aromatic rings. The molecule has 0 unspecified atom stereocenters. The SMILES string of the molecule is CCCCCCCCCCCCCCCCCCCCCCOCCCCCCCCCCC(=O)O. The van der Waals surface area contributed by atoms with Crippen molar-refractivity contribution in [3.63, 3.8) is 0 Å². The molecule has 216 valence electrons. The van der Waals surface area contributed by atoms with Crippen molar-refractivity contribution in [1.29, 1.82) is 0 Å². The van der Waals surface area contributed by atoms with Crippen LogP contribution in [-0.2, 0) is 9.53 Å². The van der Waals surface area contributed by atoms with Crippen molar-refractivity contribution in [3.05, 3.63) is 0 Å². The summed E-state index contributed by atoms with van der Waals surface area (Å²) in [6.07, 6.45) is 38.3. The summed E-state index contributed by atoms with van der Waals surface area (Å²) in [5.74, 6) is -0.662. The monoisotopic (exact) mass is 511 g/mol. The highest BCUT2D eigenvalue weighted by atomic mass is 16.5. The number of carboxylic acids is 1. The van der Waals surface area contributed by atoms with E-state index < -0.39 is 5.97 Å². The zero-order chi connectivity index (χ0) is 26.2. The van der Waals surface area contributed by atoms with Gasteiger partial charge in [-0.1, -0.05) is 167 Å². The van der Waals surface area contributed by atoms with Crippen LogP contribution < -0.4 is 0 Å². The van der Waals surface area contributed by atoms with Crippen LogP contribution in [0.1, 0.15) is 193 Å². The standard InChI is InChI=1S/C33H66O3/c1-2-3-4-5-6-7-8-9-10-11-12-13-14-15-16-17-19-22-25-28-31-36-32-29-26-23-20-18-21-24-27-30-33(34)35/h2-32H2,1H3,(H,34,35). The van der Waals surface area contributed by atoms with E-state index >= 15 is 0 Å². The van der Waals surface area contributed by atoms with Gasteiger partial charge in [-0.05, 0) is 19.3 Å². The lowest BCUT2D eigenvalue weighted by molar-refractivity contribution is -0.137. The molecule has 3 heteroatoms. The Balaban J connectivity index is 3.02. The van der Waals surface area contributed by atoms with Gasteiger partial charge >= 0.3 is 5.97 Å². The van der Waals surface area contributed by atoms with E-state index in [1.165, 1.54) is 167 Å². The van der Waals surface area contributed by atoms with Crippen molar-refractivity contribution in [1.82, 2.24) is 0 Å². The largest absolute Gasteiger partial charge is 0.481 e. The third kappa shape index (κ3) is 33.4. The molecular formula is C33H66O3. The second-order valence-electron chi connectivity index (χ2n) is 11.3. The molecule has 0 bridgehead atoms. The minimum atomic E-state index is -0.662. The fraction of sp³-hybridized carbons (Fsp3) is 0.970. The fourth-order valence-electron chi connectivity index (χ4n) is 5.10. The van der Waals surface area contributed by atoms with Gasteiger partial charge in [-0.2, -0.15) is 0 Å². The van der Waals surface area contributed by atoms with Crippen LogP contribution in [0.25, 0.3) is 0 Å². The van der Waals surface area contributed by atoms with Gasteiger partial charge in [0.05, 0.1) is 0 Å². The number of rotatable bonds is 32. The molecule has 0 heterocycles. The van der Waals surface area contributed by atoms with Crippen molar-refractivity contribution in [2.24, 2.45) is 0 Å². The van der Waals surface area contributed by atoms with E-state index in [0.29, 0.717) is 6.42 Å². The summed E-state index contributed by atoms with van der Waals surface area (Å²) in [7, 11) is 0. The van der Waals surface area contributed by atoms with Gasteiger partial charge in [-0.15, -0.1) is 0 Å². The molecule has 0 fully saturated rings. The van der Waals surface area contributed by atoms with E-state index in [0.717, 1.165) is 26.1 Å². The molecule has 0 aromatic carbocycles. The summed E-state index contributed by atoms with van der Waals surface area (Å²) in [4.78, 5) is 10.4. The maximum absolute atomic E-state index is 10.4. The second kappa shape index (κ2) is 32.5. The van der Waals surface area contributed by atoms with E-state index in [9.17, 15) is 4.79 Å². The van der Waals surface area contributed by atoms with Crippen molar-refractivity contribution in [2.75, 3.05) is 13.2 Å². The fourth-order valence-corrected chi connectivity index (χ4v) is 5.10. The summed E-state index contributed by atoms with van der Waals surface area (Å²) >= 11 is 0. The lowest BCUT2D eigenvalue weighted by Crippen LogP contribution is -1.97. The van der Waals surface area contributed by atoms with Gasteiger partial charge in [-0.3, -0.25) is 4.79 Å². The maximum atomic E-state index is 10.4. The summed E-state index contributed by atoms with van der Waals surface area (Å²) in [5, 5.41) is 8.61. The summed E-state index contributed by atoms with van der Waals surface area (Å²) in [6.45, 7) is 4.17. The topological polar surface area (TPSA) is 46.5 Å². The minimum absolute atomic E-state index is 0.330. The highest BCUT2D eigenvalue weighted by Crippen LogP contribution is 2.15. The molecule has 0 aliphatic heterocycles. The van der Waals surface area contributed by atoms with Gasteiger partial charge in [0, 0.05) is 19.6 Å². The molecule has 3 nitrogen and oxygen atoms in total. The number of unbranched alkanes of at least 4 members (excludes halogenated alkanes) is 26. The first-order valence-electron chi connectivity index (χ1n) is 16.6. The maximum Gasteiger partial charge on any atom is 0.303 e. The van der Waals surface area contributed by atoms with Gasteiger partial charge in [-0.25, -0.2) is 0 Å². The van der Waals surface area contributed by atoms with Crippen molar-refractivity contribution in [3.8, 4) is 0 Å². The first-order chi connectivity index (χ1) is 17.8. The highest BCUT2D eigenvalue weighted by molar-refractivity contribution is 5.66. The second-order valence-corrected chi connectivity index (χ2v) is 11.3. The molecular weight excluding hydrogens is 444 g/mol. The molecule has 0 spiro atoms.